The van der Waals surface area contributed by atoms with Crippen LogP contribution in [0.25, 0.3) is 0 Å². The molecule has 204 valence electrons. The molecule has 0 spiro atoms. The molecule has 0 atom stereocenters. The highest BCUT2D eigenvalue weighted by molar-refractivity contribution is 7.92. The van der Waals surface area contributed by atoms with Gasteiger partial charge in [-0.3, -0.25) is 9.52 Å². The molecule has 4 rings (SSSR count). The van der Waals surface area contributed by atoms with Crippen LogP contribution >= 0.6 is 0 Å². The van der Waals surface area contributed by atoms with E-state index in [1.54, 1.807) is 66.7 Å². The molecular formula is C30H27N3O6S. The average molecular weight is 558 g/mol. The summed E-state index contributed by atoms with van der Waals surface area (Å²) in [4.78, 5) is 24.9. The lowest BCUT2D eigenvalue weighted by atomic mass is 10.2. The normalized spacial score (nSPS) is 11.1. The molecule has 0 fully saturated rings. The number of sulfonamides is 1. The summed E-state index contributed by atoms with van der Waals surface area (Å²) in [6.45, 7) is 2.63. The van der Waals surface area contributed by atoms with Crippen LogP contribution < -0.4 is 19.6 Å². The van der Waals surface area contributed by atoms with Crippen LogP contribution in [0.15, 0.2) is 113 Å². The molecule has 0 aromatic heterocycles. The lowest BCUT2D eigenvalue weighted by Crippen LogP contribution is -2.18. The van der Waals surface area contributed by atoms with Crippen molar-refractivity contribution in [3.63, 3.8) is 0 Å². The third kappa shape index (κ3) is 7.78. The number of amides is 1. The first kappa shape index (κ1) is 28.1. The largest absolute Gasteiger partial charge is 0.494 e. The molecule has 4 aromatic rings. The third-order valence-corrected chi connectivity index (χ3v) is 6.88. The first-order valence-corrected chi connectivity index (χ1v) is 13.9. The van der Waals surface area contributed by atoms with Gasteiger partial charge in [-0.25, -0.2) is 18.6 Å². The molecule has 40 heavy (non-hydrogen) atoms. The minimum atomic E-state index is -3.73. The third-order valence-electron chi connectivity index (χ3n) is 5.49. The molecular weight excluding hydrogens is 530 g/mol. The van der Waals surface area contributed by atoms with Crippen LogP contribution in [0.1, 0.15) is 39.6 Å². The molecule has 10 heteroatoms. The number of benzene rings is 4. The van der Waals surface area contributed by atoms with Gasteiger partial charge in [0.25, 0.3) is 15.9 Å². The second-order valence-electron chi connectivity index (χ2n) is 8.53. The molecule has 0 heterocycles. The molecule has 0 aliphatic carbocycles. The zero-order valence-electron chi connectivity index (χ0n) is 21.6. The molecule has 9 nitrogen and oxygen atoms in total. The van der Waals surface area contributed by atoms with Gasteiger partial charge in [0, 0.05) is 11.3 Å². The summed E-state index contributed by atoms with van der Waals surface area (Å²) in [5.74, 6) is 0.0953. The predicted octanol–water partition coefficient (Wildman–Crippen LogP) is 5.26. The fraction of sp³-hybridized carbons (Fsp3) is 0.100. The summed E-state index contributed by atoms with van der Waals surface area (Å²) in [5, 5.41) is 3.95. The van der Waals surface area contributed by atoms with E-state index in [1.165, 1.54) is 42.6 Å². The number of ether oxygens (including phenoxy) is 2. The van der Waals surface area contributed by atoms with E-state index in [0.29, 0.717) is 40.5 Å². The number of carbonyl (C=O) groups excluding carboxylic acids is 2. The second-order valence-corrected chi connectivity index (χ2v) is 10.2. The quantitative estimate of drug-likeness (QED) is 0.112. The molecule has 0 aliphatic rings. The molecule has 0 radical (unpaired) electrons. The minimum absolute atomic E-state index is 0.139. The highest BCUT2D eigenvalue weighted by atomic mass is 32.2. The van der Waals surface area contributed by atoms with Gasteiger partial charge in [0.05, 0.1) is 23.3 Å². The van der Waals surface area contributed by atoms with Crippen LogP contribution in [-0.2, 0) is 10.0 Å². The van der Waals surface area contributed by atoms with Crippen LogP contribution in [0, 0.1) is 0 Å². The zero-order chi connectivity index (χ0) is 28.4. The monoisotopic (exact) mass is 557 g/mol. The van der Waals surface area contributed by atoms with Crippen molar-refractivity contribution in [3.05, 3.63) is 120 Å². The Balaban J connectivity index is 1.27. The Hall–Kier alpha value is -4.96. The zero-order valence-corrected chi connectivity index (χ0v) is 22.4. The van der Waals surface area contributed by atoms with E-state index in [4.69, 9.17) is 9.47 Å². The number of carbonyl (C=O) groups is 2. The number of hydrogen-bond donors (Lipinski definition) is 2. The fourth-order valence-corrected chi connectivity index (χ4v) is 4.51. The Bertz CT molecular complexity index is 1570. The molecule has 0 unspecified atom stereocenters. The molecule has 0 bridgehead atoms. The summed E-state index contributed by atoms with van der Waals surface area (Å²) in [6, 6.07) is 27.3. The van der Waals surface area contributed by atoms with Gasteiger partial charge in [-0.1, -0.05) is 25.1 Å². The number of hydrazone groups is 1. The number of nitrogens with one attached hydrogen (secondary N) is 2. The van der Waals surface area contributed by atoms with Crippen molar-refractivity contribution >= 4 is 33.8 Å². The van der Waals surface area contributed by atoms with Crippen LogP contribution in [0.3, 0.4) is 0 Å². The van der Waals surface area contributed by atoms with E-state index >= 15 is 0 Å². The number of nitrogens with zero attached hydrogens (tertiary/aromatic N) is 1. The lowest BCUT2D eigenvalue weighted by molar-refractivity contribution is 0.0734. The van der Waals surface area contributed by atoms with Crippen molar-refractivity contribution in [2.45, 2.75) is 18.2 Å². The van der Waals surface area contributed by atoms with Crippen LogP contribution in [0.5, 0.6) is 11.5 Å². The van der Waals surface area contributed by atoms with Crippen LogP contribution in [0.2, 0.25) is 0 Å². The lowest BCUT2D eigenvalue weighted by Gasteiger charge is -2.08. The van der Waals surface area contributed by atoms with E-state index in [1.807, 2.05) is 6.92 Å². The molecule has 0 saturated carbocycles. The highest BCUT2D eigenvalue weighted by Crippen LogP contribution is 2.18. The van der Waals surface area contributed by atoms with Crippen molar-refractivity contribution in [1.82, 2.24) is 5.43 Å². The van der Waals surface area contributed by atoms with Gasteiger partial charge in [0.15, 0.2) is 0 Å². The van der Waals surface area contributed by atoms with Crippen molar-refractivity contribution in [2.75, 3.05) is 11.3 Å². The van der Waals surface area contributed by atoms with Gasteiger partial charge in [0.1, 0.15) is 11.5 Å². The maximum Gasteiger partial charge on any atom is 0.343 e. The first-order chi connectivity index (χ1) is 19.3. The summed E-state index contributed by atoms with van der Waals surface area (Å²) >= 11 is 0. The molecule has 2 N–H and O–H groups in total. The standard InChI is InChI=1S/C30H27N3O6S/c1-2-20-38-26-18-12-24(13-19-26)30(35)39-27-16-8-22(9-17-27)21-31-32-29(34)23-10-14-25(15-11-23)33-40(36,37)28-6-4-3-5-7-28/h3-19,21,33H,2,20H2,1H3,(H,32,34)/b31-21-. The summed E-state index contributed by atoms with van der Waals surface area (Å²) in [5.41, 5.74) is 4.11. The van der Waals surface area contributed by atoms with E-state index in [-0.39, 0.29) is 4.90 Å². The average Bonchev–Trinajstić information content (AvgIpc) is 2.98. The summed E-state index contributed by atoms with van der Waals surface area (Å²) in [7, 11) is -3.73. The SMILES string of the molecule is CCCOc1ccc(C(=O)Oc2ccc(/C=N\NC(=O)c3ccc(NS(=O)(=O)c4ccccc4)cc3)cc2)cc1. The van der Waals surface area contributed by atoms with Crippen LogP contribution in [0.4, 0.5) is 5.69 Å². The van der Waals surface area contributed by atoms with E-state index in [2.05, 4.69) is 15.2 Å². The van der Waals surface area contributed by atoms with Crippen LogP contribution in [-0.4, -0.2) is 33.1 Å². The van der Waals surface area contributed by atoms with Gasteiger partial charge >= 0.3 is 5.97 Å². The Kier molecular flexibility index (Phi) is 9.27. The molecule has 0 aliphatic heterocycles. The van der Waals surface area contributed by atoms with Gasteiger partial charge in [0.2, 0.25) is 0 Å². The number of esters is 1. The molecule has 4 aromatic carbocycles. The Morgan fingerprint density at radius 1 is 0.800 bits per heavy atom. The Morgan fingerprint density at radius 3 is 2.08 bits per heavy atom. The topological polar surface area (TPSA) is 123 Å². The first-order valence-electron chi connectivity index (χ1n) is 12.4. The van der Waals surface area contributed by atoms with E-state index in [0.717, 1.165) is 6.42 Å². The molecule has 1 amide bonds. The number of rotatable bonds is 11. The van der Waals surface area contributed by atoms with Crippen molar-refractivity contribution in [2.24, 2.45) is 5.10 Å². The Labute approximate surface area is 232 Å². The van der Waals surface area contributed by atoms with Gasteiger partial charge < -0.3 is 9.47 Å². The van der Waals surface area contributed by atoms with Gasteiger partial charge in [-0.05, 0) is 96.9 Å². The van der Waals surface area contributed by atoms with Crippen molar-refractivity contribution in [3.8, 4) is 11.5 Å². The van der Waals surface area contributed by atoms with Gasteiger partial charge in [-0.2, -0.15) is 5.10 Å². The fourth-order valence-electron chi connectivity index (χ4n) is 3.43. The summed E-state index contributed by atoms with van der Waals surface area (Å²) in [6.07, 6.45) is 2.34. The van der Waals surface area contributed by atoms with Gasteiger partial charge in [-0.15, -0.1) is 0 Å². The maximum absolute atomic E-state index is 12.4. The second kappa shape index (κ2) is 13.2. The number of hydrogen-bond acceptors (Lipinski definition) is 7. The predicted molar refractivity (Wildman–Crippen MR) is 152 cm³/mol. The highest BCUT2D eigenvalue weighted by Gasteiger charge is 2.14. The Morgan fingerprint density at radius 2 is 1.43 bits per heavy atom. The van der Waals surface area contributed by atoms with Crippen molar-refractivity contribution in [1.29, 1.82) is 0 Å². The smallest absolute Gasteiger partial charge is 0.343 e. The molecule has 0 saturated heterocycles. The number of anilines is 1. The van der Waals surface area contributed by atoms with E-state index < -0.39 is 21.9 Å². The maximum atomic E-state index is 12.4. The summed E-state index contributed by atoms with van der Waals surface area (Å²) < 4.78 is 38.3. The van der Waals surface area contributed by atoms with E-state index in [9.17, 15) is 18.0 Å². The minimum Gasteiger partial charge on any atom is -0.494 e. The van der Waals surface area contributed by atoms with Crippen molar-refractivity contribution < 1.29 is 27.5 Å².